The Morgan fingerprint density at radius 2 is 0.920 bits per heavy atom. The lowest BCUT2D eigenvalue weighted by atomic mass is 10.0. The molecule has 5 heteroatoms. The highest BCUT2D eigenvalue weighted by molar-refractivity contribution is 6.11. The molecule has 10 rings (SSSR count). The van der Waals surface area contributed by atoms with Gasteiger partial charge < -0.3 is 4.42 Å². The lowest BCUT2D eigenvalue weighted by Crippen LogP contribution is -2.06. The van der Waals surface area contributed by atoms with Crippen LogP contribution in [0.3, 0.4) is 0 Å². The average molecular weight is 641 g/mol. The van der Waals surface area contributed by atoms with Crippen LogP contribution in [0.1, 0.15) is 0 Å². The van der Waals surface area contributed by atoms with Gasteiger partial charge in [0.25, 0.3) is 0 Å². The van der Waals surface area contributed by atoms with E-state index in [4.69, 9.17) is 19.4 Å². The SMILES string of the molecule is c1ccc(-c2ccc(-c3nc(-c4cccc5c4oc4ccc(-c6ccccc6)cc45)nc(-n4c5ccccc5c5ccccc54)n3)cc2)cc1. The molecule has 10 aromatic rings. The highest BCUT2D eigenvalue weighted by Crippen LogP contribution is 2.38. The molecule has 0 saturated carbocycles. The molecule has 0 bridgehead atoms. The number of rotatable bonds is 5. The maximum atomic E-state index is 6.60. The Hall–Kier alpha value is -6.85. The molecule has 0 unspecified atom stereocenters. The van der Waals surface area contributed by atoms with Crippen molar-refractivity contribution < 1.29 is 4.42 Å². The van der Waals surface area contributed by atoms with Gasteiger partial charge in [-0.3, -0.25) is 4.57 Å². The van der Waals surface area contributed by atoms with Gasteiger partial charge in [0.15, 0.2) is 11.6 Å². The third kappa shape index (κ3) is 4.60. The standard InChI is InChI=1S/C45H28N4O/c1-3-12-29(13-4-1)31-22-24-32(25-23-31)43-46-44(48-45(47-43)49-39-20-9-7-16-34(39)35-17-8-10-21-40(35)49)37-19-11-18-36-38-28-33(30-14-5-2-6-15-30)26-27-41(38)50-42(36)37/h1-28H. The summed E-state index contributed by atoms with van der Waals surface area (Å²) in [7, 11) is 0. The molecule has 0 atom stereocenters. The number of hydrogen-bond donors (Lipinski definition) is 0. The van der Waals surface area contributed by atoms with Crippen molar-refractivity contribution >= 4 is 43.7 Å². The molecule has 0 saturated heterocycles. The van der Waals surface area contributed by atoms with Crippen LogP contribution in [0.2, 0.25) is 0 Å². The van der Waals surface area contributed by atoms with Gasteiger partial charge in [-0.25, -0.2) is 4.98 Å². The Bertz CT molecular complexity index is 2800. The normalized spacial score (nSPS) is 11.6. The molecule has 50 heavy (non-hydrogen) atoms. The van der Waals surface area contributed by atoms with E-state index in [1.54, 1.807) is 0 Å². The molecular weight excluding hydrogens is 613 g/mol. The van der Waals surface area contributed by atoms with E-state index >= 15 is 0 Å². The second kappa shape index (κ2) is 11.4. The Balaban J connectivity index is 1.20. The molecule has 0 aliphatic heterocycles. The Labute approximate surface area is 287 Å². The zero-order valence-corrected chi connectivity index (χ0v) is 26.9. The molecule has 0 spiro atoms. The summed E-state index contributed by atoms with van der Waals surface area (Å²) in [5, 5.41) is 4.36. The first-order valence-corrected chi connectivity index (χ1v) is 16.7. The van der Waals surface area contributed by atoms with Crippen LogP contribution in [0.4, 0.5) is 0 Å². The summed E-state index contributed by atoms with van der Waals surface area (Å²) >= 11 is 0. The number of hydrogen-bond acceptors (Lipinski definition) is 4. The minimum Gasteiger partial charge on any atom is -0.455 e. The summed E-state index contributed by atoms with van der Waals surface area (Å²) < 4.78 is 8.74. The van der Waals surface area contributed by atoms with E-state index in [1.807, 2.05) is 18.2 Å². The summed E-state index contributed by atoms with van der Waals surface area (Å²) in [5.74, 6) is 1.69. The van der Waals surface area contributed by atoms with Gasteiger partial charge in [-0.1, -0.05) is 140 Å². The molecule has 3 aromatic heterocycles. The van der Waals surface area contributed by atoms with Crippen LogP contribution in [-0.2, 0) is 0 Å². The van der Waals surface area contributed by atoms with Gasteiger partial charge in [-0.2, -0.15) is 9.97 Å². The second-order valence-electron chi connectivity index (χ2n) is 12.5. The van der Waals surface area contributed by atoms with Gasteiger partial charge in [0.05, 0.1) is 16.6 Å². The van der Waals surface area contributed by atoms with E-state index in [-0.39, 0.29) is 0 Å². The fourth-order valence-electron chi connectivity index (χ4n) is 7.08. The number of aromatic nitrogens is 4. The summed E-state index contributed by atoms with van der Waals surface area (Å²) in [6.45, 7) is 0. The van der Waals surface area contributed by atoms with Gasteiger partial charge in [0.2, 0.25) is 5.95 Å². The minimum absolute atomic E-state index is 0.548. The molecule has 0 amide bonds. The second-order valence-corrected chi connectivity index (χ2v) is 12.5. The highest BCUT2D eigenvalue weighted by atomic mass is 16.3. The average Bonchev–Trinajstić information content (AvgIpc) is 3.74. The molecule has 5 nitrogen and oxygen atoms in total. The third-order valence-corrected chi connectivity index (χ3v) is 9.50. The van der Waals surface area contributed by atoms with Crippen LogP contribution in [0.15, 0.2) is 174 Å². The van der Waals surface area contributed by atoms with Crippen LogP contribution < -0.4 is 0 Å². The molecular formula is C45H28N4O. The predicted molar refractivity (Wildman–Crippen MR) is 203 cm³/mol. The Kier molecular flexibility index (Phi) is 6.42. The molecule has 0 fully saturated rings. The summed E-state index contributed by atoms with van der Waals surface area (Å²) in [6, 6.07) is 58.6. The number of para-hydroxylation sites is 3. The Morgan fingerprint density at radius 3 is 1.62 bits per heavy atom. The van der Waals surface area contributed by atoms with E-state index in [2.05, 4.69) is 156 Å². The molecule has 0 aliphatic rings. The number of benzene rings is 7. The summed E-state index contributed by atoms with van der Waals surface area (Å²) in [4.78, 5) is 15.5. The third-order valence-electron chi connectivity index (χ3n) is 9.50. The van der Waals surface area contributed by atoms with Gasteiger partial charge in [-0.05, 0) is 52.6 Å². The highest BCUT2D eigenvalue weighted by Gasteiger charge is 2.20. The largest absolute Gasteiger partial charge is 0.455 e. The van der Waals surface area contributed by atoms with E-state index < -0.39 is 0 Å². The van der Waals surface area contributed by atoms with Crippen molar-refractivity contribution in [1.82, 2.24) is 19.5 Å². The van der Waals surface area contributed by atoms with E-state index in [1.165, 1.54) is 0 Å². The first kappa shape index (κ1) is 28.2. The van der Waals surface area contributed by atoms with Crippen molar-refractivity contribution in [3.8, 4) is 51.0 Å². The van der Waals surface area contributed by atoms with Crippen LogP contribution in [0.5, 0.6) is 0 Å². The number of furan rings is 1. The minimum atomic E-state index is 0.548. The summed E-state index contributed by atoms with van der Waals surface area (Å²) in [6.07, 6.45) is 0. The zero-order chi connectivity index (χ0) is 33.0. The monoisotopic (exact) mass is 640 g/mol. The van der Waals surface area contributed by atoms with Gasteiger partial charge in [0.1, 0.15) is 11.2 Å². The first-order chi connectivity index (χ1) is 24.8. The fraction of sp³-hybridized carbons (Fsp3) is 0. The van der Waals surface area contributed by atoms with E-state index in [0.717, 1.165) is 77.1 Å². The van der Waals surface area contributed by atoms with Crippen molar-refractivity contribution in [2.45, 2.75) is 0 Å². The summed E-state index contributed by atoms with van der Waals surface area (Å²) in [5.41, 5.74) is 9.95. The Morgan fingerprint density at radius 1 is 0.380 bits per heavy atom. The molecule has 3 heterocycles. The van der Waals surface area contributed by atoms with Gasteiger partial charge in [0, 0.05) is 27.1 Å². The van der Waals surface area contributed by atoms with Crippen molar-refractivity contribution in [2.24, 2.45) is 0 Å². The molecule has 7 aromatic carbocycles. The molecule has 0 N–H and O–H groups in total. The number of fused-ring (bicyclic) bond motifs is 6. The quantitative estimate of drug-likeness (QED) is 0.188. The first-order valence-electron chi connectivity index (χ1n) is 16.7. The van der Waals surface area contributed by atoms with Crippen molar-refractivity contribution in [2.75, 3.05) is 0 Å². The molecule has 0 radical (unpaired) electrons. The van der Waals surface area contributed by atoms with Crippen LogP contribution in [-0.4, -0.2) is 19.5 Å². The lowest BCUT2D eigenvalue weighted by Gasteiger charge is -2.11. The van der Waals surface area contributed by atoms with E-state index in [0.29, 0.717) is 17.6 Å². The number of nitrogens with zero attached hydrogens (tertiary/aromatic N) is 4. The lowest BCUT2D eigenvalue weighted by molar-refractivity contribution is 0.669. The fourth-order valence-corrected chi connectivity index (χ4v) is 7.08. The van der Waals surface area contributed by atoms with Crippen molar-refractivity contribution in [1.29, 1.82) is 0 Å². The van der Waals surface area contributed by atoms with E-state index in [9.17, 15) is 0 Å². The van der Waals surface area contributed by atoms with Crippen LogP contribution in [0.25, 0.3) is 94.7 Å². The topological polar surface area (TPSA) is 56.7 Å². The smallest absolute Gasteiger partial charge is 0.238 e. The van der Waals surface area contributed by atoms with Crippen molar-refractivity contribution in [3.05, 3.63) is 170 Å². The predicted octanol–water partition coefficient (Wildman–Crippen LogP) is 11.5. The van der Waals surface area contributed by atoms with Crippen LogP contribution >= 0.6 is 0 Å². The molecule has 0 aliphatic carbocycles. The maximum absolute atomic E-state index is 6.60. The maximum Gasteiger partial charge on any atom is 0.238 e. The molecule has 234 valence electrons. The van der Waals surface area contributed by atoms with Gasteiger partial charge in [-0.15, -0.1) is 0 Å². The van der Waals surface area contributed by atoms with Gasteiger partial charge >= 0.3 is 0 Å². The van der Waals surface area contributed by atoms with Crippen LogP contribution in [0, 0.1) is 0 Å². The zero-order valence-electron chi connectivity index (χ0n) is 26.9. The van der Waals surface area contributed by atoms with Crippen molar-refractivity contribution in [3.63, 3.8) is 0 Å².